The largest absolute Gasteiger partial charge is 0.377 e. The summed E-state index contributed by atoms with van der Waals surface area (Å²) in [5, 5.41) is 0. The molecule has 18 heavy (non-hydrogen) atoms. The maximum atomic E-state index is 12.3. The number of nitrogens with one attached hydrogen (secondary N) is 1. The lowest BCUT2D eigenvalue weighted by molar-refractivity contribution is 0.0896. The zero-order valence-electron chi connectivity index (χ0n) is 11.1. The Balaban J connectivity index is 1.92. The van der Waals surface area contributed by atoms with Crippen LogP contribution in [-0.4, -0.2) is 44.6 Å². The molecule has 2 atom stereocenters. The Kier molecular flexibility index (Phi) is 5.00. The molecule has 0 amide bonds. The Morgan fingerprint density at radius 1 is 1.17 bits per heavy atom. The van der Waals surface area contributed by atoms with Gasteiger partial charge in [0, 0.05) is 25.7 Å². The molecule has 0 radical (unpaired) electrons. The van der Waals surface area contributed by atoms with Crippen molar-refractivity contribution in [2.45, 2.75) is 57.6 Å². The normalized spacial score (nSPS) is 29.1. The van der Waals surface area contributed by atoms with E-state index in [2.05, 4.69) is 4.72 Å². The summed E-state index contributed by atoms with van der Waals surface area (Å²) in [6, 6.07) is -0.138. The number of hydrogen-bond acceptors (Lipinski definition) is 3. The fourth-order valence-corrected chi connectivity index (χ4v) is 4.17. The lowest BCUT2D eigenvalue weighted by Crippen LogP contribution is -2.48. The summed E-state index contributed by atoms with van der Waals surface area (Å²) >= 11 is 0. The Labute approximate surface area is 110 Å². The summed E-state index contributed by atoms with van der Waals surface area (Å²) in [6.07, 6.45) is 6.21. The minimum absolute atomic E-state index is 0.0340. The fourth-order valence-electron chi connectivity index (χ4n) is 2.66. The quantitative estimate of drug-likeness (QED) is 0.841. The minimum atomic E-state index is -3.34. The van der Waals surface area contributed by atoms with Gasteiger partial charge in [-0.3, -0.25) is 0 Å². The molecule has 0 aliphatic carbocycles. The summed E-state index contributed by atoms with van der Waals surface area (Å²) in [5.74, 6) is 0. The Hall–Kier alpha value is -0.170. The molecule has 5 nitrogen and oxygen atoms in total. The van der Waals surface area contributed by atoms with Crippen LogP contribution >= 0.6 is 0 Å². The van der Waals surface area contributed by atoms with Crippen LogP contribution in [0, 0.1) is 0 Å². The molecule has 0 spiro atoms. The van der Waals surface area contributed by atoms with E-state index >= 15 is 0 Å². The fraction of sp³-hybridized carbons (Fsp3) is 1.00. The summed E-state index contributed by atoms with van der Waals surface area (Å²) in [6.45, 7) is 3.94. The van der Waals surface area contributed by atoms with E-state index in [1.165, 1.54) is 0 Å². The molecule has 2 saturated heterocycles. The van der Waals surface area contributed by atoms with Gasteiger partial charge in [-0.15, -0.1) is 0 Å². The molecule has 1 N–H and O–H groups in total. The van der Waals surface area contributed by atoms with Crippen LogP contribution in [0.1, 0.15) is 45.4 Å². The van der Waals surface area contributed by atoms with Crippen molar-refractivity contribution in [1.29, 1.82) is 0 Å². The van der Waals surface area contributed by atoms with Crippen LogP contribution in [0.4, 0.5) is 0 Å². The molecule has 2 aliphatic rings. The molecule has 2 rings (SSSR count). The first kappa shape index (κ1) is 14.2. The molecular weight excluding hydrogens is 252 g/mol. The SMILES string of the molecule is C[C@@H](NS(=O)(=O)N1CCCCCC1)[C@H]1CCCO1. The highest BCUT2D eigenvalue weighted by Crippen LogP contribution is 2.18. The monoisotopic (exact) mass is 276 g/mol. The van der Waals surface area contributed by atoms with Gasteiger partial charge in [0.2, 0.25) is 0 Å². The molecule has 0 aromatic rings. The molecular formula is C12H24N2O3S. The van der Waals surface area contributed by atoms with E-state index in [-0.39, 0.29) is 12.1 Å². The third kappa shape index (κ3) is 3.66. The molecule has 2 fully saturated rings. The number of nitrogens with zero attached hydrogens (tertiary/aromatic N) is 1. The van der Waals surface area contributed by atoms with Gasteiger partial charge in [-0.05, 0) is 32.6 Å². The number of rotatable bonds is 4. The second kappa shape index (κ2) is 6.32. The van der Waals surface area contributed by atoms with E-state index in [1.807, 2.05) is 6.92 Å². The summed E-state index contributed by atoms with van der Waals surface area (Å²) in [4.78, 5) is 0. The number of hydrogen-bond donors (Lipinski definition) is 1. The van der Waals surface area contributed by atoms with E-state index in [9.17, 15) is 8.42 Å². The predicted octanol–water partition coefficient (Wildman–Crippen LogP) is 1.26. The molecule has 2 aliphatic heterocycles. The van der Waals surface area contributed by atoms with Crippen molar-refractivity contribution in [2.24, 2.45) is 0 Å². The van der Waals surface area contributed by atoms with E-state index in [4.69, 9.17) is 4.74 Å². The van der Waals surface area contributed by atoms with Crippen molar-refractivity contribution in [3.05, 3.63) is 0 Å². The van der Waals surface area contributed by atoms with Gasteiger partial charge >= 0.3 is 0 Å². The first-order valence-corrected chi connectivity index (χ1v) is 8.42. The summed E-state index contributed by atoms with van der Waals surface area (Å²) in [5.41, 5.74) is 0. The molecule has 2 heterocycles. The van der Waals surface area contributed by atoms with Crippen LogP contribution in [0.15, 0.2) is 0 Å². The molecule has 0 unspecified atom stereocenters. The van der Waals surface area contributed by atoms with Gasteiger partial charge in [0.1, 0.15) is 0 Å². The van der Waals surface area contributed by atoms with Crippen LogP contribution in [0.3, 0.4) is 0 Å². The van der Waals surface area contributed by atoms with Crippen molar-refractivity contribution < 1.29 is 13.2 Å². The third-order valence-electron chi connectivity index (χ3n) is 3.76. The van der Waals surface area contributed by atoms with E-state index in [0.29, 0.717) is 13.1 Å². The zero-order valence-corrected chi connectivity index (χ0v) is 11.9. The molecule has 0 aromatic heterocycles. The highest BCUT2D eigenvalue weighted by atomic mass is 32.2. The molecule has 0 saturated carbocycles. The highest BCUT2D eigenvalue weighted by Gasteiger charge is 2.29. The van der Waals surface area contributed by atoms with Gasteiger partial charge in [0.15, 0.2) is 0 Å². The van der Waals surface area contributed by atoms with Crippen LogP contribution in [0.5, 0.6) is 0 Å². The van der Waals surface area contributed by atoms with Crippen LogP contribution in [0.2, 0.25) is 0 Å². The molecule has 106 valence electrons. The van der Waals surface area contributed by atoms with Gasteiger partial charge in [-0.2, -0.15) is 17.4 Å². The smallest absolute Gasteiger partial charge is 0.279 e. The van der Waals surface area contributed by atoms with Gasteiger partial charge in [-0.1, -0.05) is 12.8 Å². The Bertz CT molecular complexity index is 344. The van der Waals surface area contributed by atoms with Gasteiger partial charge in [0.25, 0.3) is 10.2 Å². The Morgan fingerprint density at radius 2 is 1.83 bits per heavy atom. The van der Waals surface area contributed by atoms with E-state index in [0.717, 1.165) is 45.1 Å². The van der Waals surface area contributed by atoms with Gasteiger partial charge in [-0.25, -0.2) is 0 Å². The molecule has 0 bridgehead atoms. The molecule has 0 aromatic carbocycles. The highest BCUT2D eigenvalue weighted by molar-refractivity contribution is 7.87. The second-order valence-electron chi connectivity index (χ2n) is 5.28. The van der Waals surface area contributed by atoms with E-state index in [1.54, 1.807) is 4.31 Å². The second-order valence-corrected chi connectivity index (χ2v) is 6.98. The van der Waals surface area contributed by atoms with Crippen molar-refractivity contribution in [3.8, 4) is 0 Å². The average molecular weight is 276 g/mol. The first-order chi connectivity index (χ1) is 8.59. The summed E-state index contributed by atoms with van der Waals surface area (Å²) in [7, 11) is -3.34. The number of ether oxygens (including phenoxy) is 1. The third-order valence-corrected chi connectivity index (χ3v) is 5.48. The van der Waals surface area contributed by atoms with Crippen molar-refractivity contribution >= 4 is 10.2 Å². The van der Waals surface area contributed by atoms with Crippen LogP contribution in [0.25, 0.3) is 0 Å². The minimum Gasteiger partial charge on any atom is -0.377 e. The topological polar surface area (TPSA) is 58.6 Å². The maximum absolute atomic E-state index is 12.3. The zero-order chi connectivity index (χ0) is 13.0. The van der Waals surface area contributed by atoms with Gasteiger partial charge in [0.05, 0.1) is 6.10 Å². The van der Waals surface area contributed by atoms with Crippen LogP contribution in [-0.2, 0) is 14.9 Å². The predicted molar refractivity (Wildman–Crippen MR) is 70.5 cm³/mol. The first-order valence-electron chi connectivity index (χ1n) is 6.98. The lowest BCUT2D eigenvalue weighted by Gasteiger charge is -2.25. The average Bonchev–Trinajstić information content (AvgIpc) is 2.70. The Morgan fingerprint density at radius 3 is 2.39 bits per heavy atom. The van der Waals surface area contributed by atoms with E-state index < -0.39 is 10.2 Å². The summed E-state index contributed by atoms with van der Waals surface area (Å²) < 4.78 is 34.4. The van der Waals surface area contributed by atoms with Gasteiger partial charge < -0.3 is 4.74 Å². The van der Waals surface area contributed by atoms with Crippen molar-refractivity contribution in [3.63, 3.8) is 0 Å². The van der Waals surface area contributed by atoms with Crippen LogP contribution < -0.4 is 4.72 Å². The lowest BCUT2D eigenvalue weighted by atomic mass is 10.1. The molecule has 6 heteroatoms. The maximum Gasteiger partial charge on any atom is 0.279 e. The standard InChI is InChI=1S/C12H24N2O3S/c1-11(12-7-6-10-17-12)13-18(15,16)14-8-4-2-3-5-9-14/h11-13H,2-10H2,1H3/t11-,12-/m1/s1. The van der Waals surface area contributed by atoms with Crippen molar-refractivity contribution in [1.82, 2.24) is 9.03 Å². The van der Waals surface area contributed by atoms with Crippen molar-refractivity contribution in [2.75, 3.05) is 19.7 Å².